The molecule has 0 amide bonds. The average molecular weight is 196 g/mol. The molecule has 0 aliphatic carbocycles. The zero-order valence-electron chi connectivity index (χ0n) is 3.95. The third kappa shape index (κ3) is 4.47. The van der Waals surface area contributed by atoms with Crippen LogP contribution in [0.4, 0.5) is 0 Å². The summed E-state index contributed by atoms with van der Waals surface area (Å²) in [6, 6.07) is 0. The monoisotopic (exact) mass is 196 g/mol. The van der Waals surface area contributed by atoms with Gasteiger partial charge in [0.05, 0.1) is 0 Å². The Morgan fingerprint density at radius 3 is 2.50 bits per heavy atom. The van der Waals surface area contributed by atoms with E-state index >= 15 is 0 Å². The second kappa shape index (κ2) is 3.65. The fourth-order valence-corrected chi connectivity index (χ4v) is 0.589. The first-order chi connectivity index (χ1) is 2.77. The summed E-state index contributed by atoms with van der Waals surface area (Å²) < 4.78 is 0.750. The molecule has 0 unspecified atom stereocenters. The third-order valence-electron chi connectivity index (χ3n) is 0.491. The normalized spacial score (nSPS) is 13.7. The molecule has 6 heavy (non-hydrogen) atoms. The molecule has 0 spiro atoms. The molecule has 0 saturated carbocycles. The molecular weight excluding hydrogens is 187 g/mol. The Labute approximate surface area is 52.8 Å². The summed E-state index contributed by atoms with van der Waals surface area (Å²) in [5.74, 6) is 0. The van der Waals surface area contributed by atoms with Crippen LogP contribution in [0.5, 0.6) is 0 Å². The van der Waals surface area contributed by atoms with Gasteiger partial charge in [-0.3, -0.25) is 0 Å². The smallest absolute Gasteiger partial charge is 0.0116 e. The van der Waals surface area contributed by atoms with Crippen LogP contribution in [0.25, 0.3) is 0 Å². The van der Waals surface area contributed by atoms with Crippen molar-refractivity contribution in [3.05, 3.63) is 12.7 Å². The van der Waals surface area contributed by atoms with Crippen LogP contribution in [0.15, 0.2) is 12.7 Å². The minimum absolute atomic E-state index is 0.750. The highest BCUT2D eigenvalue weighted by molar-refractivity contribution is 14.1. The van der Waals surface area contributed by atoms with Gasteiger partial charge in [-0.05, 0) is 6.42 Å². The van der Waals surface area contributed by atoms with Crippen molar-refractivity contribution in [3.63, 3.8) is 0 Å². The van der Waals surface area contributed by atoms with Crippen LogP contribution in [0.3, 0.4) is 0 Å². The molecule has 36 valence electrons. The van der Waals surface area contributed by atoms with Gasteiger partial charge < -0.3 is 0 Å². The van der Waals surface area contributed by atoms with E-state index in [-0.39, 0.29) is 0 Å². The minimum atomic E-state index is 0.750. The summed E-state index contributed by atoms with van der Waals surface area (Å²) in [6.45, 7) is 5.76. The molecule has 0 radical (unpaired) electrons. The molecule has 0 fully saturated rings. The van der Waals surface area contributed by atoms with Crippen LogP contribution >= 0.6 is 22.6 Å². The lowest BCUT2D eigenvalue weighted by Crippen LogP contribution is -1.81. The molecule has 0 bridgehead atoms. The lowest BCUT2D eigenvalue weighted by atomic mass is 10.3. The van der Waals surface area contributed by atoms with Crippen LogP contribution in [-0.2, 0) is 0 Å². The Bertz CT molecular complexity index is 39.2. The van der Waals surface area contributed by atoms with E-state index in [1.54, 1.807) is 0 Å². The molecular formula is C5H9I. The van der Waals surface area contributed by atoms with Gasteiger partial charge in [-0.15, -0.1) is 6.58 Å². The van der Waals surface area contributed by atoms with Crippen molar-refractivity contribution in [1.29, 1.82) is 0 Å². The van der Waals surface area contributed by atoms with E-state index in [9.17, 15) is 0 Å². The maximum Gasteiger partial charge on any atom is 0.0116 e. The summed E-state index contributed by atoms with van der Waals surface area (Å²) in [5.41, 5.74) is 0. The summed E-state index contributed by atoms with van der Waals surface area (Å²) >= 11 is 2.37. The summed E-state index contributed by atoms with van der Waals surface area (Å²) in [4.78, 5) is 0. The zero-order valence-corrected chi connectivity index (χ0v) is 6.10. The topological polar surface area (TPSA) is 0 Å². The number of alkyl halides is 1. The van der Waals surface area contributed by atoms with Gasteiger partial charge in [0.15, 0.2) is 0 Å². The number of allylic oxidation sites excluding steroid dienone is 1. The van der Waals surface area contributed by atoms with Crippen molar-refractivity contribution < 1.29 is 0 Å². The molecule has 0 N–H and O–H groups in total. The molecule has 0 aromatic heterocycles. The SMILES string of the molecule is C=CC[C@H](C)I. The van der Waals surface area contributed by atoms with E-state index in [4.69, 9.17) is 0 Å². The largest absolute Gasteiger partial charge is 0.103 e. The molecule has 1 heteroatoms. The summed E-state index contributed by atoms with van der Waals surface area (Å²) in [7, 11) is 0. The van der Waals surface area contributed by atoms with Crippen LogP contribution in [0, 0.1) is 0 Å². The molecule has 0 heterocycles. The highest BCUT2D eigenvalue weighted by Crippen LogP contribution is 2.02. The van der Waals surface area contributed by atoms with Gasteiger partial charge in [0, 0.05) is 3.92 Å². The maximum atomic E-state index is 3.60. The Hall–Kier alpha value is 0.470. The van der Waals surface area contributed by atoms with E-state index in [0.29, 0.717) is 0 Å². The first kappa shape index (κ1) is 6.47. The van der Waals surface area contributed by atoms with Gasteiger partial charge in [0.1, 0.15) is 0 Å². The van der Waals surface area contributed by atoms with Crippen LogP contribution in [0.2, 0.25) is 0 Å². The number of rotatable bonds is 2. The quantitative estimate of drug-likeness (QED) is 0.361. The highest BCUT2D eigenvalue weighted by atomic mass is 127. The van der Waals surface area contributed by atoms with Crippen molar-refractivity contribution in [3.8, 4) is 0 Å². The Morgan fingerprint density at radius 2 is 2.50 bits per heavy atom. The van der Waals surface area contributed by atoms with Crippen molar-refractivity contribution in [2.75, 3.05) is 0 Å². The molecule has 0 rings (SSSR count). The minimum Gasteiger partial charge on any atom is -0.103 e. The number of hydrogen-bond acceptors (Lipinski definition) is 0. The number of halogens is 1. The molecule has 0 aliphatic rings. The first-order valence-corrected chi connectivity index (χ1v) is 3.27. The van der Waals surface area contributed by atoms with Gasteiger partial charge in [0.25, 0.3) is 0 Å². The maximum absolute atomic E-state index is 3.60. The Kier molecular flexibility index (Phi) is 3.94. The zero-order chi connectivity index (χ0) is 4.99. The molecule has 1 atom stereocenters. The standard InChI is InChI=1S/C5H9I/c1-3-4-5(2)6/h3,5H,1,4H2,2H3/t5-/m0/s1. The third-order valence-corrected chi connectivity index (χ3v) is 1.000. The average Bonchev–Trinajstić information content (AvgIpc) is 1.35. The highest BCUT2D eigenvalue weighted by Gasteiger charge is 1.85. The predicted molar refractivity (Wildman–Crippen MR) is 38.3 cm³/mol. The second-order valence-electron chi connectivity index (χ2n) is 1.31. The van der Waals surface area contributed by atoms with Crippen LogP contribution in [0.1, 0.15) is 13.3 Å². The lowest BCUT2D eigenvalue weighted by molar-refractivity contribution is 1.02. The van der Waals surface area contributed by atoms with Gasteiger partial charge in [-0.1, -0.05) is 35.6 Å². The van der Waals surface area contributed by atoms with Crippen molar-refractivity contribution in [2.24, 2.45) is 0 Å². The van der Waals surface area contributed by atoms with Crippen molar-refractivity contribution >= 4 is 22.6 Å². The van der Waals surface area contributed by atoms with E-state index in [0.717, 1.165) is 10.3 Å². The van der Waals surface area contributed by atoms with Crippen LogP contribution in [-0.4, -0.2) is 3.92 Å². The van der Waals surface area contributed by atoms with Gasteiger partial charge in [0.2, 0.25) is 0 Å². The van der Waals surface area contributed by atoms with Crippen molar-refractivity contribution in [2.45, 2.75) is 17.3 Å². The Balaban J connectivity index is 2.81. The fraction of sp³-hybridized carbons (Fsp3) is 0.600. The predicted octanol–water partition coefficient (Wildman–Crippen LogP) is 2.39. The molecule has 0 aromatic carbocycles. The molecule has 0 saturated heterocycles. The lowest BCUT2D eigenvalue weighted by Gasteiger charge is -1.90. The summed E-state index contributed by atoms with van der Waals surface area (Å²) in [5, 5.41) is 0. The molecule has 0 aromatic rings. The van der Waals surface area contributed by atoms with E-state index in [2.05, 4.69) is 36.1 Å². The fourth-order valence-electron chi connectivity index (χ4n) is 0.230. The summed E-state index contributed by atoms with van der Waals surface area (Å²) in [6.07, 6.45) is 3.07. The van der Waals surface area contributed by atoms with E-state index in [1.165, 1.54) is 0 Å². The number of hydrogen-bond donors (Lipinski definition) is 0. The first-order valence-electron chi connectivity index (χ1n) is 2.02. The van der Waals surface area contributed by atoms with Gasteiger partial charge >= 0.3 is 0 Å². The van der Waals surface area contributed by atoms with Gasteiger partial charge in [-0.2, -0.15) is 0 Å². The Morgan fingerprint density at radius 1 is 2.00 bits per heavy atom. The van der Waals surface area contributed by atoms with E-state index < -0.39 is 0 Å². The van der Waals surface area contributed by atoms with Gasteiger partial charge in [-0.25, -0.2) is 0 Å². The van der Waals surface area contributed by atoms with E-state index in [1.807, 2.05) is 6.08 Å². The van der Waals surface area contributed by atoms with Crippen LogP contribution < -0.4 is 0 Å². The van der Waals surface area contributed by atoms with Crippen molar-refractivity contribution in [1.82, 2.24) is 0 Å². The second-order valence-corrected chi connectivity index (χ2v) is 3.43. The molecule has 0 aliphatic heterocycles. The molecule has 0 nitrogen and oxygen atoms in total.